The lowest BCUT2D eigenvalue weighted by Crippen LogP contribution is -2.32. The van der Waals surface area contributed by atoms with Gasteiger partial charge in [0.05, 0.1) is 13.2 Å². The number of hydrogen-bond donors (Lipinski definition) is 1. The monoisotopic (exact) mass is 282 g/mol. The van der Waals surface area contributed by atoms with Gasteiger partial charge in [0.1, 0.15) is 5.75 Å². The molecule has 2 aromatic carbocycles. The van der Waals surface area contributed by atoms with Crippen LogP contribution in [0.5, 0.6) is 5.75 Å². The quantitative estimate of drug-likeness (QED) is 0.935. The van der Waals surface area contributed by atoms with Gasteiger partial charge in [0.2, 0.25) is 0 Å². The molecule has 21 heavy (non-hydrogen) atoms. The normalized spacial score (nSPS) is 19.1. The summed E-state index contributed by atoms with van der Waals surface area (Å²) in [6, 6.07) is 19.3. The number of nitrogens with zero attached hydrogens (tertiary/aromatic N) is 1. The summed E-state index contributed by atoms with van der Waals surface area (Å²) in [4.78, 5) is 2.48. The topological polar surface area (TPSA) is 24.5 Å². The Kier molecular flexibility index (Phi) is 4.41. The summed E-state index contributed by atoms with van der Waals surface area (Å²) >= 11 is 0. The van der Waals surface area contributed by atoms with E-state index in [1.54, 1.807) is 7.11 Å². The first-order valence-corrected chi connectivity index (χ1v) is 7.55. The van der Waals surface area contributed by atoms with Gasteiger partial charge in [-0.15, -0.1) is 0 Å². The average molecular weight is 282 g/mol. The van der Waals surface area contributed by atoms with Crippen LogP contribution in [0.4, 0.5) is 5.69 Å². The van der Waals surface area contributed by atoms with Crippen LogP contribution in [-0.2, 0) is 0 Å². The number of rotatable bonds is 3. The van der Waals surface area contributed by atoms with Crippen molar-refractivity contribution in [1.82, 2.24) is 5.32 Å². The van der Waals surface area contributed by atoms with Gasteiger partial charge in [-0.25, -0.2) is 0 Å². The lowest BCUT2D eigenvalue weighted by Gasteiger charge is -2.33. The number of para-hydroxylation sites is 2. The highest BCUT2D eigenvalue weighted by Crippen LogP contribution is 2.33. The maximum Gasteiger partial charge on any atom is 0.124 e. The molecule has 1 atom stereocenters. The largest absolute Gasteiger partial charge is 0.496 e. The molecule has 0 bridgehead atoms. The highest BCUT2D eigenvalue weighted by molar-refractivity contribution is 5.51. The fraction of sp³-hybridized carbons (Fsp3) is 0.333. The summed E-state index contributed by atoms with van der Waals surface area (Å²) in [7, 11) is 1.75. The molecular weight excluding hydrogens is 260 g/mol. The Morgan fingerprint density at radius 1 is 1.05 bits per heavy atom. The van der Waals surface area contributed by atoms with Crippen LogP contribution in [-0.4, -0.2) is 26.7 Å². The molecule has 0 radical (unpaired) electrons. The van der Waals surface area contributed by atoms with Crippen molar-refractivity contribution in [1.29, 1.82) is 0 Å². The third-order valence-corrected chi connectivity index (χ3v) is 4.05. The highest BCUT2D eigenvalue weighted by Gasteiger charge is 2.25. The van der Waals surface area contributed by atoms with E-state index >= 15 is 0 Å². The molecule has 1 aliphatic heterocycles. The Bertz CT molecular complexity index is 570. The van der Waals surface area contributed by atoms with E-state index in [0.29, 0.717) is 6.04 Å². The molecule has 1 aliphatic rings. The molecule has 110 valence electrons. The molecule has 1 fully saturated rings. The number of benzene rings is 2. The van der Waals surface area contributed by atoms with E-state index in [1.807, 2.05) is 12.1 Å². The van der Waals surface area contributed by atoms with Gasteiger partial charge in [-0.1, -0.05) is 36.4 Å². The van der Waals surface area contributed by atoms with Crippen LogP contribution in [0, 0.1) is 0 Å². The van der Waals surface area contributed by atoms with E-state index in [9.17, 15) is 0 Å². The summed E-state index contributed by atoms with van der Waals surface area (Å²) < 4.78 is 5.57. The lowest BCUT2D eigenvalue weighted by molar-refractivity contribution is 0.404. The third-order valence-electron chi connectivity index (χ3n) is 4.05. The molecule has 0 saturated carbocycles. The van der Waals surface area contributed by atoms with Crippen molar-refractivity contribution < 1.29 is 4.74 Å². The first-order valence-electron chi connectivity index (χ1n) is 7.55. The Hall–Kier alpha value is -2.00. The summed E-state index contributed by atoms with van der Waals surface area (Å²) in [6.45, 7) is 3.06. The number of nitrogens with one attached hydrogen (secondary N) is 1. The van der Waals surface area contributed by atoms with E-state index in [1.165, 1.54) is 11.3 Å². The van der Waals surface area contributed by atoms with Crippen molar-refractivity contribution in [2.45, 2.75) is 12.5 Å². The smallest absolute Gasteiger partial charge is 0.124 e. The molecule has 2 aromatic rings. The predicted octanol–water partition coefficient (Wildman–Crippen LogP) is 3.24. The molecule has 3 rings (SSSR count). The van der Waals surface area contributed by atoms with Gasteiger partial charge < -0.3 is 15.0 Å². The van der Waals surface area contributed by atoms with Gasteiger partial charge in [-0.2, -0.15) is 0 Å². The SMILES string of the molecule is COc1ccccc1[C@H]1CNCCCN1c1ccccc1. The maximum atomic E-state index is 5.57. The molecular formula is C18H22N2O. The van der Waals surface area contributed by atoms with Gasteiger partial charge in [0.15, 0.2) is 0 Å². The van der Waals surface area contributed by atoms with Crippen LogP contribution >= 0.6 is 0 Å². The van der Waals surface area contributed by atoms with Crippen LogP contribution < -0.4 is 15.0 Å². The van der Waals surface area contributed by atoms with E-state index in [2.05, 4.69) is 52.7 Å². The first kappa shape index (κ1) is 14.0. The Morgan fingerprint density at radius 3 is 2.62 bits per heavy atom. The molecule has 0 spiro atoms. The molecule has 0 amide bonds. The zero-order chi connectivity index (χ0) is 14.5. The standard InChI is InChI=1S/C18H22N2O/c1-21-18-11-6-5-10-16(18)17-14-19-12-7-13-20(17)15-8-3-2-4-9-15/h2-6,8-11,17,19H,7,12-14H2,1H3/t17-/m1/s1. The van der Waals surface area contributed by atoms with Gasteiger partial charge in [0.25, 0.3) is 0 Å². The fourth-order valence-electron chi connectivity index (χ4n) is 3.03. The molecule has 0 aliphatic carbocycles. The second-order valence-electron chi connectivity index (χ2n) is 5.34. The lowest BCUT2D eigenvalue weighted by atomic mass is 10.0. The summed E-state index contributed by atoms with van der Waals surface area (Å²) in [6.07, 6.45) is 1.15. The molecule has 1 N–H and O–H groups in total. The predicted molar refractivity (Wildman–Crippen MR) is 87.0 cm³/mol. The van der Waals surface area contributed by atoms with Gasteiger partial charge >= 0.3 is 0 Å². The van der Waals surface area contributed by atoms with Crippen molar-refractivity contribution in [3.05, 3.63) is 60.2 Å². The molecule has 1 heterocycles. The molecule has 3 nitrogen and oxygen atoms in total. The number of methoxy groups -OCH3 is 1. The van der Waals surface area contributed by atoms with Gasteiger partial charge in [-0.05, 0) is 31.2 Å². The van der Waals surface area contributed by atoms with E-state index in [-0.39, 0.29) is 0 Å². The van der Waals surface area contributed by atoms with Crippen LogP contribution in [0.2, 0.25) is 0 Å². The molecule has 0 aromatic heterocycles. The Morgan fingerprint density at radius 2 is 1.81 bits per heavy atom. The maximum absolute atomic E-state index is 5.57. The van der Waals surface area contributed by atoms with Crippen molar-refractivity contribution in [3.63, 3.8) is 0 Å². The van der Waals surface area contributed by atoms with Crippen LogP contribution in [0.1, 0.15) is 18.0 Å². The summed E-state index contributed by atoms with van der Waals surface area (Å²) in [5, 5.41) is 3.55. The van der Waals surface area contributed by atoms with Crippen LogP contribution in [0.3, 0.4) is 0 Å². The number of ether oxygens (including phenoxy) is 1. The van der Waals surface area contributed by atoms with E-state index < -0.39 is 0 Å². The second kappa shape index (κ2) is 6.64. The Labute approximate surface area is 126 Å². The van der Waals surface area contributed by atoms with Crippen LogP contribution in [0.15, 0.2) is 54.6 Å². The summed E-state index contributed by atoms with van der Waals surface area (Å²) in [5.74, 6) is 0.965. The van der Waals surface area contributed by atoms with E-state index in [0.717, 1.165) is 31.8 Å². The second-order valence-corrected chi connectivity index (χ2v) is 5.34. The third kappa shape index (κ3) is 3.03. The average Bonchev–Trinajstić information content (AvgIpc) is 2.81. The minimum Gasteiger partial charge on any atom is -0.496 e. The highest BCUT2D eigenvalue weighted by atomic mass is 16.5. The van der Waals surface area contributed by atoms with E-state index in [4.69, 9.17) is 4.74 Å². The van der Waals surface area contributed by atoms with Crippen LogP contribution in [0.25, 0.3) is 0 Å². The number of anilines is 1. The fourth-order valence-corrected chi connectivity index (χ4v) is 3.03. The summed E-state index contributed by atoms with van der Waals surface area (Å²) in [5.41, 5.74) is 2.52. The first-order chi connectivity index (χ1) is 10.4. The number of hydrogen-bond acceptors (Lipinski definition) is 3. The van der Waals surface area contributed by atoms with Crippen molar-refractivity contribution in [2.24, 2.45) is 0 Å². The zero-order valence-corrected chi connectivity index (χ0v) is 12.5. The molecule has 3 heteroatoms. The van der Waals surface area contributed by atoms with Crippen molar-refractivity contribution >= 4 is 5.69 Å². The minimum atomic E-state index is 0.297. The minimum absolute atomic E-state index is 0.297. The van der Waals surface area contributed by atoms with Crippen molar-refractivity contribution in [2.75, 3.05) is 31.6 Å². The zero-order valence-electron chi connectivity index (χ0n) is 12.5. The Balaban J connectivity index is 1.99. The van der Waals surface area contributed by atoms with Gasteiger partial charge in [-0.3, -0.25) is 0 Å². The van der Waals surface area contributed by atoms with Crippen molar-refractivity contribution in [3.8, 4) is 5.75 Å². The van der Waals surface area contributed by atoms with Gasteiger partial charge in [0, 0.05) is 24.3 Å². The molecule has 0 unspecified atom stereocenters. The molecule has 1 saturated heterocycles.